The summed E-state index contributed by atoms with van der Waals surface area (Å²) >= 11 is 0. The molecule has 0 aromatic heterocycles. The zero-order chi connectivity index (χ0) is 11.3. The van der Waals surface area contributed by atoms with Crippen LogP contribution in [0.1, 0.15) is 46.5 Å². The summed E-state index contributed by atoms with van der Waals surface area (Å²) in [7, 11) is 0. The van der Waals surface area contributed by atoms with Crippen LogP contribution in [0.4, 0.5) is 0 Å². The lowest BCUT2D eigenvalue weighted by molar-refractivity contribution is 0.0197. The van der Waals surface area contributed by atoms with E-state index >= 15 is 0 Å². The van der Waals surface area contributed by atoms with Crippen molar-refractivity contribution in [3.05, 3.63) is 0 Å². The second-order valence-corrected chi connectivity index (χ2v) is 4.75. The molecule has 0 unspecified atom stereocenters. The third-order valence-electron chi connectivity index (χ3n) is 2.93. The van der Waals surface area contributed by atoms with Gasteiger partial charge in [0, 0.05) is 13.2 Å². The molecule has 0 amide bonds. The summed E-state index contributed by atoms with van der Waals surface area (Å²) in [4.78, 5) is 4.47. The van der Waals surface area contributed by atoms with E-state index in [2.05, 4.69) is 18.8 Å². The Labute approximate surface area is 93.1 Å². The highest BCUT2D eigenvalue weighted by atomic mass is 16.5. The van der Waals surface area contributed by atoms with Crippen molar-refractivity contribution in [1.29, 1.82) is 0 Å². The molecule has 0 bridgehead atoms. The highest BCUT2D eigenvalue weighted by Crippen LogP contribution is 2.33. The summed E-state index contributed by atoms with van der Waals surface area (Å²) in [5.74, 6) is 1.28. The molecule has 0 radical (unpaired) electrons. The maximum absolute atomic E-state index is 6.07. The average molecular weight is 212 g/mol. The van der Waals surface area contributed by atoms with Crippen LogP contribution in [0, 0.1) is 5.92 Å². The Hall–Kier alpha value is -0.570. The van der Waals surface area contributed by atoms with Gasteiger partial charge in [-0.3, -0.25) is 4.99 Å². The maximum atomic E-state index is 6.07. The lowest BCUT2D eigenvalue weighted by atomic mass is 10.0. The van der Waals surface area contributed by atoms with Gasteiger partial charge in [-0.1, -0.05) is 13.8 Å². The Morgan fingerprint density at radius 1 is 1.40 bits per heavy atom. The molecule has 0 heterocycles. The second kappa shape index (κ2) is 5.50. The Morgan fingerprint density at radius 2 is 2.00 bits per heavy atom. The van der Waals surface area contributed by atoms with Crippen molar-refractivity contribution in [2.24, 2.45) is 16.6 Å². The molecular weight excluding hydrogens is 188 g/mol. The van der Waals surface area contributed by atoms with Crippen molar-refractivity contribution in [3.63, 3.8) is 0 Å². The van der Waals surface area contributed by atoms with E-state index in [9.17, 15) is 0 Å². The molecule has 0 aliphatic heterocycles. The van der Waals surface area contributed by atoms with Gasteiger partial charge in [0.2, 0.25) is 0 Å². The minimum absolute atomic E-state index is 0.232. The standard InChI is InChI=1S/C12H24N2O/c1-4-15-12(7-5-6-8-12)11(13)14-9-10(2)3/h10H,4-9H2,1-3H3,(H2,13,14). The van der Waals surface area contributed by atoms with E-state index < -0.39 is 0 Å². The summed E-state index contributed by atoms with van der Waals surface area (Å²) in [6, 6.07) is 0. The van der Waals surface area contributed by atoms with E-state index in [-0.39, 0.29) is 5.60 Å². The smallest absolute Gasteiger partial charge is 0.126 e. The molecule has 0 atom stereocenters. The van der Waals surface area contributed by atoms with Crippen LogP contribution in [0.25, 0.3) is 0 Å². The van der Waals surface area contributed by atoms with Crippen LogP contribution in [0.15, 0.2) is 4.99 Å². The van der Waals surface area contributed by atoms with Gasteiger partial charge in [0.1, 0.15) is 11.4 Å². The van der Waals surface area contributed by atoms with Crippen LogP contribution < -0.4 is 5.73 Å². The number of nitrogens with zero attached hydrogens (tertiary/aromatic N) is 1. The van der Waals surface area contributed by atoms with E-state index in [1.165, 1.54) is 12.8 Å². The van der Waals surface area contributed by atoms with Crippen molar-refractivity contribution in [2.75, 3.05) is 13.2 Å². The lowest BCUT2D eigenvalue weighted by Gasteiger charge is -2.28. The minimum atomic E-state index is -0.232. The number of amidine groups is 1. The summed E-state index contributed by atoms with van der Waals surface area (Å²) in [5.41, 5.74) is 5.84. The number of rotatable bonds is 5. The van der Waals surface area contributed by atoms with E-state index in [0.29, 0.717) is 5.92 Å². The van der Waals surface area contributed by atoms with Crippen molar-refractivity contribution in [2.45, 2.75) is 52.1 Å². The zero-order valence-electron chi connectivity index (χ0n) is 10.3. The fraction of sp³-hybridized carbons (Fsp3) is 0.917. The molecule has 1 saturated carbocycles. The Morgan fingerprint density at radius 3 is 2.47 bits per heavy atom. The average Bonchev–Trinajstić information content (AvgIpc) is 2.64. The van der Waals surface area contributed by atoms with Crippen LogP contribution in [0.2, 0.25) is 0 Å². The molecule has 3 heteroatoms. The topological polar surface area (TPSA) is 47.6 Å². The normalized spacial score (nSPS) is 21.2. The van der Waals surface area contributed by atoms with E-state index in [1.807, 2.05) is 6.92 Å². The first-order valence-corrected chi connectivity index (χ1v) is 6.05. The third-order valence-corrected chi connectivity index (χ3v) is 2.93. The first-order chi connectivity index (χ1) is 7.10. The highest BCUT2D eigenvalue weighted by Gasteiger charge is 2.38. The van der Waals surface area contributed by atoms with Crippen molar-refractivity contribution >= 4 is 5.84 Å². The fourth-order valence-corrected chi connectivity index (χ4v) is 2.12. The molecule has 3 nitrogen and oxygen atoms in total. The van der Waals surface area contributed by atoms with Crippen LogP contribution in [0.5, 0.6) is 0 Å². The largest absolute Gasteiger partial charge is 0.385 e. The molecule has 1 aliphatic carbocycles. The maximum Gasteiger partial charge on any atom is 0.126 e. The number of ether oxygens (including phenoxy) is 1. The van der Waals surface area contributed by atoms with Crippen LogP contribution >= 0.6 is 0 Å². The summed E-state index contributed by atoms with van der Waals surface area (Å²) in [5, 5.41) is 0. The third kappa shape index (κ3) is 3.20. The van der Waals surface area contributed by atoms with E-state index in [4.69, 9.17) is 10.5 Å². The van der Waals surface area contributed by atoms with Gasteiger partial charge in [-0.2, -0.15) is 0 Å². The molecule has 1 aliphatic rings. The Bertz CT molecular complexity index is 218. The SMILES string of the molecule is CCOC1(C(N)=NCC(C)C)CCCC1. The molecule has 1 rings (SSSR count). The van der Waals surface area contributed by atoms with Gasteiger partial charge < -0.3 is 10.5 Å². The molecule has 1 fully saturated rings. The van der Waals surface area contributed by atoms with Gasteiger partial charge in [-0.25, -0.2) is 0 Å². The highest BCUT2D eigenvalue weighted by molar-refractivity contribution is 5.89. The molecule has 15 heavy (non-hydrogen) atoms. The molecule has 0 saturated heterocycles. The van der Waals surface area contributed by atoms with Crippen molar-refractivity contribution < 1.29 is 4.74 Å². The predicted molar refractivity (Wildman–Crippen MR) is 64.2 cm³/mol. The van der Waals surface area contributed by atoms with Crippen molar-refractivity contribution in [1.82, 2.24) is 0 Å². The molecule has 0 aromatic rings. The number of aliphatic imine (C=N–C) groups is 1. The molecule has 0 aromatic carbocycles. The molecule has 88 valence electrons. The zero-order valence-corrected chi connectivity index (χ0v) is 10.3. The summed E-state index contributed by atoms with van der Waals surface area (Å²) in [6.07, 6.45) is 4.48. The summed E-state index contributed by atoms with van der Waals surface area (Å²) in [6.45, 7) is 7.85. The van der Waals surface area contributed by atoms with Crippen LogP contribution in [-0.4, -0.2) is 24.6 Å². The Balaban J connectivity index is 2.66. The van der Waals surface area contributed by atoms with Gasteiger partial charge in [0.15, 0.2) is 0 Å². The van der Waals surface area contributed by atoms with E-state index in [0.717, 1.165) is 31.8 Å². The summed E-state index contributed by atoms with van der Waals surface area (Å²) < 4.78 is 5.83. The lowest BCUT2D eigenvalue weighted by Crippen LogP contribution is -2.44. The molecular formula is C12H24N2O. The predicted octanol–water partition coefficient (Wildman–Crippen LogP) is 2.35. The Kier molecular flexibility index (Phi) is 4.58. The van der Waals surface area contributed by atoms with Gasteiger partial charge in [-0.15, -0.1) is 0 Å². The first kappa shape index (κ1) is 12.5. The fourth-order valence-electron chi connectivity index (χ4n) is 2.12. The van der Waals surface area contributed by atoms with E-state index in [1.54, 1.807) is 0 Å². The van der Waals surface area contributed by atoms with Gasteiger partial charge in [-0.05, 0) is 38.5 Å². The second-order valence-electron chi connectivity index (χ2n) is 4.75. The number of hydrogen-bond acceptors (Lipinski definition) is 2. The number of hydrogen-bond donors (Lipinski definition) is 1. The van der Waals surface area contributed by atoms with Crippen LogP contribution in [-0.2, 0) is 4.74 Å². The van der Waals surface area contributed by atoms with Gasteiger partial charge in [0.25, 0.3) is 0 Å². The molecule has 0 spiro atoms. The van der Waals surface area contributed by atoms with Crippen LogP contribution in [0.3, 0.4) is 0 Å². The quantitative estimate of drug-likeness (QED) is 0.561. The first-order valence-electron chi connectivity index (χ1n) is 6.05. The molecule has 2 N–H and O–H groups in total. The number of nitrogens with two attached hydrogens (primary N) is 1. The minimum Gasteiger partial charge on any atom is -0.385 e. The van der Waals surface area contributed by atoms with Gasteiger partial charge >= 0.3 is 0 Å². The van der Waals surface area contributed by atoms with Gasteiger partial charge in [0.05, 0.1) is 0 Å². The van der Waals surface area contributed by atoms with Crippen molar-refractivity contribution in [3.8, 4) is 0 Å². The monoisotopic (exact) mass is 212 g/mol.